The number of amides is 2. The molecule has 4 rings (SSSR count). The van der Waals surface area contributed by atoms with Gasteiger partial charge in [-0.2, -0.15) is 4.90 Å². The number of hydrogen-bond donors (Lipinski definition) is 0. The number of rotatable bonds is 5. The lowest BCUT2D eigenvalue weighted by Gasteiger charge is -2.21. The van der Waals surface area contributed by atoms with Gasteiger partial charge in [-0.15, -0.1) is 11.3 Å². The second kappa shape index (κ2) is 9.49. The predicted molar refractivity (Wildman–Crippen MR) is 122 cm³/mol. The first-order chi connectivity index (χ1) is 15.5. The highest BCUT2D eigenvalue weighted by Gasteiger charge is 2.28. The Labute approximate surface area is 188 Å². The summed E-state index contributed by atoms with van der Waals surface area (Å²) in [7, 11) is 1.20. The molecule has 0 aliphatic heterocycles. The monoisotopic (exact) mass is 448 g/mol. The van der Waals surface area contributed by atoms with Crippen LogP contribution < -0.4 is 14.4 Å². The number of aryl methyl sites for hydroxylation is 1. The van der Waals surface area contributed by atoms with Crippen LogP contribution in [0.2, 0.25) is 0 Å². The maximum atomic E-state index is 12.7. The Hall–Kier alpha value is -3.91. The summed E-state index contributed by atoms with van der Waals surface area (Å²) in [6.07, 6.45) is -1.72. The van der Waals surface area contributed by atoms with Gasteiger partial charge in [0.25, 0.3) is 0 Å². The SMILES string of the molecule is COC(=O)N(C(=O)Oc1ccccc1)c1ccc(OCc2nc3ccccc3s2)cc1C. The van der Waals surface area contributed by atoms with Gasteiger partial charge < -0.3 is 14.2 Å². The first kappa shape index (κ1) is 21.3. The minimum Gasteiger partial charge on any atom is -0.486 e. The molecule has 0 unspecified atom stereocenters. The number of imide groups is 1. The number of carbonyl (C=O) groups excluding carboxylic acids is 2. The van der Waals surface area contributed by atoms with Crippen molar-refractivity contribution in [3.8, 4) is 11.5 Å². The van der Waals surface area contributed by atoms with Crippen molar-refractivity contribution in [3.05, 3.63) is 83.4 Å². The van der Waals surface area contributed by atoms with E-state index in [0.29, 0.717) is 29.4 Å². The Kier molecular flexibility index (Phi) is 6.32. The maximum Gasteiger partial charge on any atom is 0.429 e. The van der Waals surface area contributed by atoms with E-state index in [1.165, 1.54) is 7.11 Å². The average molecular weight is 449 g/mol. The number of carbonyl (C=O) groups is 2. The zero-order valence-corrected chi connectivity index (χ0v) is 18.3. The van der Waals surface area contributed by atoms with E-state index in [1.807, 2.05) is 24.3 Å². The van der Waals surface area contributed by atoms with Crippen LogP contribution in [0, 0.1) is 6.92 Å². The van der Waals surface area contributed by atoms with Crippen LogP contribution in [0.3, 0.4) is 0 Å². The summed E-state index contributed by atoms with van der Waals surface area (Å²) in [5.74, 6) is 0.909. The number of fused-ring (bicyclic) bond motifs is 1. The molecule has 7 nitrogen and oxygen atoms in total. The highest BCUT2D eigenvalue weighted by molar-refractivity contribution is 7.18. The molecule has 2 amide bonds. The lowest BCUT2D eigenvalue weighted by atomic mass is 10.2. The van der Waals surface area contributed by atoms with Crippen molar-refractivity contribution in [3.63, 3.8) is 0 Å². The molecule has 0 aliphatic carbocycles. The van der Waals surface area contributed by atoms with E-state index in [9.17, 15) is 9.59 Å². The third-order valence-corrected chi connectivity index (χ3v) is 5.61. The highest BCUT2D eigenvalue weighted by Crippen LogP contribution is 2.28. The van der Waals surface area contributed by atoms with Gasteiger partial charge in [-0.3, -0.25) is 0 Å². The van der Waals surface area contributed by atoms with E-state index in [0.717, 1.165) is 20.1 Å². The predicted octanol–water partition coefficient (Wildman–Crippen LogP) is 5.96. The van der Waals surface area contributed by atoms with E-state index in [2.05, 4.69) is 4.98 Å². The lowest BCUT2D eigenvalue weighted by molar-refractivity contribution is 0.171. The van der Waals surface area contributed by atoms with Crippen LogP contribution in [-0.2, 0) is 11.3 Å². The summed E-state index contributed by atoms with van der Waals surface area (Å²) in [6, 6.07) is 21.5. The quantitative estimate of drug-likeness (QED) is 0.375. The van der Waals surface area contributed by atoms with Gasteiger partial charge in [0, 0.05) is 0 Å². The number of hydrogen-bond acceptors (Lipinski definition) is 7. The molecule has 32 heavy (non-hydrogen) atoms. The second-order valence-corrected chi connectivity index (χ2v) is 7.91. The van der Waals surface area contributed by atoms with Crippen LogP contribution in [0.4, 0.5) is 15.3 Å². The topological polar surface area (TPSA) is 78.0 Å². The summed E-state index contributed by atoms with van der Waals surface area (Å²) in [5.41, 5.74) is 1.92. The summed E-state index contributed by atoms with van der Waals surface area (Å²) in [6.45, 7) is 2.08. The smallest absolute Gasteiger partial charge is 0.429 e. The molecule has 0 saturated heterocycles. The van der Waals surface area contributed by atoms with Gasteiger partial charge in [-0.1, -0.05) is 30.3 Å². The van der Waals surface area contributed by atoms with E-state index < -0.39 is 12.2 Å². The van der Waals surface area contributed by atoms with Crippen molar-refractivity contribution in [2.24, 2.45) is 0 Å². The lowest BCUT2D eigenvalue weighted by Crippen LogP contribution is -2.39. The molecular formula is C24H20N2O5S. The Morgan fingerprint density at radius 1 is 0.938 bits per heavy atom. The van der Waals surface area contributed by atoms with Crippen molar-refractivity contribution in [1.82, 2.24) is 4.98 Å². The van der Waals surface area contributed by atoms with Gasteiger partial charge in [0.05, 0.1) is 23.0 Å². The fourth-order valence-electron chi connectivity index (χ4n) is 3.09. The Bertz CT molecular complexity index is 1220. The average Bonchev–Trinajstić information content (AvgIpc) is 3.22. The van der Waals surface area contributed by atoms with Crippen LogP contribution in [0.15, 0.2) is 72.8 Å². The second-order valence-electron chi connectivity index (χ2n) is 6.80. The maximum absolute atomic E-state index is 12.7. The fourth-order valence-corrected chi connectivity index (χ4v) is 3.97. The van der Waals surface area contributed by atoms with Crippen molar-refractivity contribution in [2.45, 2.75) is 13.5 Å². The molecule has 162 valence electrons. The van der Waals surface area contributed by atoms with Gasteiger partial charge >= 0.3 is 12.2 Å². The van der Waals surface area contributed by atoms with Crippen LogP contribution in [-0.4, -0.2) is 24.3 Å². The number of benzene rings is 3. The highest BCUT2D eigenvalue weighted by atomic mass is 32.1. The summed E-state index contributed by atoms with van der Waals surface area (Å²) in [4.78, 5) is 30.5. The molecule has 0 bridgehead atoms. The minimum atomic E-state index is -0.866. The Morgan fingerprint density at radius 2 is 1.69 bits per heavy atom. The van der Waals surface area contributed by atoms with Crippen LogP contribution in [0.25, 0.3) is 10.2 Å². The van der Waals surface area contributed by atoms with E-state index in [4.69, 9.17) is 14.2 Å². The third kappa shape index (κ3) is 4.70. The fraction of sp³-hybridized carbons (Fsp3) is 0.125. The molecular weight excluding hydrogens is 428 g/mol. The molecule has 3 aromatic carbocycles. The first-order valence-corrected chi connectivity index (χ1v) is 10.6. The molecule has 1 heterocycles. The molecule has 4 aromatic rings. The molecule has 0 saturated carbocycles. The molecule has 0 N–H and O–H groups in total. The van der Waals surface area contributed by atoms with Crippen LogP contribution in [0.1, 0.15) is 10.6 Å². The summed E-state index contributed by atoms with van der Waals surface area (Å²) >= 11 is 1.57. The molecule has 0 aliphatic rings. The largest absolute Gasteiger partial charge is 0.486 e. The number of thiazole rings is 1. The van der Waals surface area contributed by atoms with Crippen molar-refractivity contribution >= 4 is 39.4 Å². The minimum absolute atomic E-state index is 0.314. The normalized spacial score (nSPS) is 10.6. The standard InChI is InChI=1S/C24H20N2O5S/c1-16-14-18(30-15-22-25-19-10-6-7-11-21(19)32-22)12-13-20(16)26(23(27)29-2)24(28)31-17-8-4-3-5-9-17/h3-14H,15H2,1-2H3. The third-order valence-electron chi connectivity index (χ3n) is 4.60. The van der Waals surface area contributed by atoms with Crippen LogP contribution >= 0.6 is 11.3 Å². The van der Waals surface area contributed by atoms with E-state index >= 15 is 0 Å². The number of para-hydroxylation sites is 2. The van der Waals surface area contributed by atoms with Gasteiger partial charge in [0.15, 0.2) is 0 Å². The summed E-state index contributed by atoms with van der Waals surface area (Å²) < 4.78 is 17.1. The number of ether oxygens (including phenoxy) is 3. The molecule has 0 fully saturated rings. The number of aromatic nitrogens is 1. The Morgan fingerprint density at radius 3 is 2.41 bits per heavy atom. The van der Waals surface area contributed by atoms with Gasteiger partial charge in [-0.25, -0.2) is 14.6 Å². The molecule has 0 radical (unpaired) electrons. The number of nitrogens with zero attached hydrogens (tertiary/aromatic N) is 2. The summed E-state index contributed by atoms with van der Waals surface area (Å²) in [5, 5.41) is 0.857. The molecule has 1 aromatic heterocycles. The Balaban J connectivity index is 1.51. The van der Waals surface area contributed by atoms with Crippen molar-refractivity contribution < 1.29 is 23.8 Å². The van der Waals surface area contributed by atoms with E-state index in [-0.39, 0.29) is 0 Å². The van der Waals surface area contributed by atoms with Gasteiger partial charge in [0.2, 0.25) is 0 Å². The number of methoxy groups -OCH3 is 1. The van der Waals surface area contributed by atoms with E-state index in [1.54, 1.807) is 66.8 Å². The van der Waals surface area contributed by atoms with Gasteiger partial charge in [-0.05, 0) is 55.0 Å². The zero-order valence-electron chi connectivity index (χ0n) is 17.5. The number of anilines is 1. The van der Waals surface area contributed by atoms with Crippen molar-refractivity contribution in [1.29, 1.82) is 0 Å². The first-order valence-electron chi connectivity index (χ1n) is 9.78. The molecule has 0 atom stereocenters. The zero-order chi connectivity index (χ0) is 22.5. The van der Waals surface area contributed by atoms with Crippen molar-refractivity contribution in [2.75, 3.05) is 12.0 Å². The van der Waals surface area contributed by atoms with Gasteiger partial charge in [0.1, 0.15) is 23.1 Å². The van der Waals surface area contributed by atoms with Crippen LogP contribution in [0.5, 0.6) is 11.5 Å². The molecule has 8 heteroatoms. The molecule has 0 spiro atoms.